The average Bonchev–Trinajstić information content (AvgIpc) is 2.76. The van der Waals surface area contributed by atoms with Crippen LogP contribution in [0.15, 0.2) is 22.8 Å². The molecule has 0 bridgehead atoms. The van der Waals surface area contributed by atoms with Gasteiger partial charge in [-0.1, -0.05) is 41.5 Å². The van der Waals surface area contributed by atoms with Gasteiger partial charge in [-0.3, -0.25) is 0 Å². The fourth-order valence-electron chi connectivity index (χ4n) is 0.773. The number of rotatable bonds is 2. The Morgan fingerprint density at radius 1 is 1.23 bits per heavy atom. The third kappa shape index (κ3) is 6.44. The standard InChI is InChI=1S/C8H12O.2C2H6/c1-3-7(2)8-5-4-6-9-8;2*1-2/h4-7H,3H2,1-2H3;2*1-2H3. The Kier molecular flexibility index (Phi) is 12.8. The van der Waals surface area contributed by atoms with E-state index >= 15 is 0 Å². The van der Waals surface area contributed by atoms with E-state index in [-0.39, 0.29) is 0 Å². The van der Waals surface area contributed by atoms with E-state index < -0.39 is 0 Å². The van der Waals surface area contributed by atoms with Gasteiger partial charge >= 0.3 is 0 Å². The van der Waals surface area contributed by atoms with Crippen molar-refractivity contribution in [2.75, 3.05) is 0 Å². The first-order valence-corrected chi connectivity index (χ1v) is 5.38. The maximum atomic E-state index is 5.19. The molecule has 0 saturated heterocycles. The third-order valence-corrected chi connectivity index (χ3v) is 1.64. The molecule has 0 spiro atoms. The van der Waals surface area contributed by atoms with Crippen molar-refractivity contribution in [1.82, 2.24) is 0 Å². The topological polar surface area (TPSA) is 13.1 Å². The zero-order chi connectivity index (χ0) is 10.7. The molecule has 78 valence electrons. The number of hydrogen-bond donors (Lipinski definition) is 0. The van der Waals surface area contributed by atoms with Crippen LogP contribution in [0.25, 0.3) is 0 Å². The Labute approximate surface area is 83.2 Å². The first kappa shape index (κ1) is 14.8. The predicted molar refractivity (Wildman–Crippen MR) is 60.1 cm³/mol. The van der Waals surface area contributed by atoms with Crippen LogP contribution in [0.2, 0.25) is 0 Å². The summed E-state index contributed by atoms with van der Waals surface area (Å²) in [6.45, 7) is 12.3. The Hall–Kier alpha value is -0.720. The second kappa shape index (κ2) is 11.3. The van der Waals surface area contributed by atoms with Gasteiger partial charge in [0.05, 0.1) is 6.26 Å². The minimum atomic E-state index is 0.569. The fourth-order valence-corrected chi connectivity index (χ4v) is 0.773. The molecule has 0 aliphatic rings. The van der Waals surface area contributed by atoms with E-state index in [0.717, 1.165) is 12.2 Å². The van der Waals surface area contributed by atoms with E-state index in [9.17, 15) is 0 Å². The lowest BCUT2D eigenvalue weighted by atomic mass is 10.1. The lowest BCUT2D eigenvalue weighted by Gasteiger charge is -2.01. The van der Waals surface area contributed by atoms with Crippen LogP contribution in [0.3, 0.4) is 0 Å². The smallest absolute Gasteiger partial charge is 0.106 e. The molecule has 1 atom stereocenters. The van der Waals surface area contributed by atoms with E-state index in [4.69, 9.17) is 4.42 Å². The molecule has 1 nitrogen and oxygen atoms in total. The van der Waals surface area contributed by atoms with Gasteiger partial charge in [-0.15, -0.1) is 0 Å². The summed E-state index contributed by atoms with van der Waals surface area (Å²) in [4.78, 5) is 0. The molecule has 0 radical (unpaired) electrons. The Morgan fingerprint density at radius 3 is 2.08 bits per heavy atom. The van der Waals surface area contributed by atoms with Gasteiger partial charge in [0.1, 0.15) is 5.76 Å². The highest BCUT2D eigenvalue weighted by Gasteiger charge is 2.02. The molecule has 0 aliphatic heterocycles. The first-order chi connectivity index (χ1) is 6.34. The van der Waals surface area contributed by atoms with Crippen molar-refractivity contribution in [2.24, 2.45) is 0 Å². The molecule has 0 amide bonds. The van der Waals surface area contributed by atoms with Crippen molar-refractivity contribution in [3.05, 3.63) is 24.2 Å². The largest absolute Gasteiger partial charge is 0.469 e. The van der Waals surface area contributed by atoms with Gasteiger partial charge in [0, 0.05) is 5.92 Å². The van der Waals surface area contributed by atoms with Crippen molar-refractivity contribution in [3.8, 4) is 0 Å². The van der Waals surface area contributed by atoms with Gasteiger partial charge in [0.15, 0.2) is 0 Å². The summed E-state index contributed by atoms with van der Waals surface area (Å²) in [5.41, 5.74) is 0. The molecule has 1 heteroatoms. The second-order valence-electron chi connectivity index (χ2n) is 2.32. The van der Waals surface area contributed by atoms with Crippen LogP contribution < -0.4 is 0 Å². The maximum absolute atomic E-state index is 5.19. The molecule has 0 aliphatic carbocycles. The molecular weight excluding hydrogens is 160 g/mol. The van der Waals surface area contributed by atoms with Crippen LogP contribution in [-0.2, 0) is 0 Å². The lowest BCUT2D eigenvalue weighted by molar-refractivity contribution is 0.469. The minimum absolute atomic E-state index is 0.569. The monoisotopic (exact) mass is 184 g/mol. The summed E-state index contributed by atoms with van der Waals surface area (Å²) < 4.78 is 5.19. The highest BCUT2D eigenvalue weighted by molar-refractivity contribution is 5.03. The predicted octanol–water partition coefficient (Wildman–Crippen LogP) is 4.85. The van der Waals surface area contributed by atoms with Crippen LogP contribution in [0, 0.1) is 0 Å². The van der Waals surface area contributed by atoms with Gasteiger partial charge < -0.3 is 4.42 Å². The molecule has 1 aromatic rings. The van der Waals surface area contributed by atoms with E-state index in [2.05, 4.69) is 13.8 Å². The number of furan rings is 1. The summed E-state index contributed by atoms with van der Waals surface area (Å²) in [6, 6.07) is 3.95. The van der Waals surface area contributed by atoms with Crippen LogP contribution in [-0.4, -0.2) is 0 Å². The summed E-state index contributed by atoms with van der Waals surface area (Å²) in [6.07, 6.45) is 2.87. The van der Waals surface area contributed by atoms with Gasteiger partial charge in [-0.2, -0.15) is 0 Å². The van der Waals surface area contributed by atoms with Crippen LogP contribution >= 0.6 is 0 Å². The maximum Gasteiger partial charge on any atom is 0.106 e. The van der Waals surface area contributed by atoms with Crippen molar-refractivity contribution < 1.29 is 4.42 Å². The Bertz CT molecular complexity index is 154. The third-order valence-electron chi connectivity index (χ3n) is 1.64. The van der Waals surface area contributed by atoms with Crippen molar-refractivity contribution in [3.63, 3.8) is 0 Å². The van der Waals surface area contributed by atoms with Crippen molar-refractivity contribution in [1.29, 1.82) is 0 Å². The molecule has 13 heavy (non-hydrogen) atoms. The SMILES string of the molecule is CC.CC.CCC(C)c1ccco1. The van der Waals surface area contributed by atoms with Gasteiger partial charge in [-0.25, -0.2) is 0 Å². The van der Waals surface area contributed by atoms with E-state index in [1.165, 1.54) is 0 Å². The van der Waals surface area contributed by atoms with E-state index in [1.54, 1.807) is 6.26 Å². The summed E-state index contributed by atoms with van der Waals surface area (Å²) in [5, 5.41) is 0. The summed E-state index contributed by atoms with van der Waals surface area (Å²) in [5.74, 6) is 1.66. The van der Waals surface area contributed by atoms with E-state index in [0.29, 0.717) is 5.92 Å². The quantitative estimate of drug-likeness (QED) is 0.640. The van der Waals surface area contributed by atoms with Crippen molar-refractivity contribution in [2.45, 2.75) is 53.9 Å². The molecule has 0 N–H and O–H groups in total. The van der Waals surface area contributed by atoms with Crippen LogP contribution in [0.1, 0.15) is 59.6 Å². The Balaban J connectivity index is 0. The van der Waals surface area contributed by atoms with Gasteiger partial charge in [0.2, 0.25) is 0 Å². The van der Waals surface area contributed by atoms with Crippen LogP contribution in [0.4, 0.5) is 0 Å². The molecule has 0 aromatic carbocycles. The second-order valence-corrected chi connectivity index (χ2v) is 2.32. The molecule has 1 aromatic heterocycles. The Morgan fingerprint density at radius 2 is 1.77 bits per heavy atom. The molecule has 1 unspecified atom stereocenters. The highest BCUT2D eigenvalue weighted by Crippen LogP contribution is 2.17. The lowest BCUT2D eigenvalue weighted by Crippen LogP contribution is -1.85. The average molecular weight is 184 g/mol. The zero-order valence-electron chi connectivity index (χ0n) is 9.92. The van der Waals surface area contributed by atoms with Gasteiger partial charge in [0.25, 0.3) is 0 Å². The normalized spacial score (nSPS) is 10.3. The zero-order valence-corrected chi connectivity index (χ0v) is 9.92. The fraction of sp³-hybridized carbons (Fsp3) is 0.667. The van der Waals surface area contributed by atoms with Crippen LogP contribution in [0.5, 0.6) is 0 Å². The van der Waals surface area contributed by atoms with Gasteiger partial charge in [-0.05, 0) is 18.6 Å². The molecule has 0 fully saturated rings. The molecule has 1 rings (SSSR count). The molecule has 0 saturated carbocycles. The minimum Gasteiger partial charge on any atom is -0.469 e. The highest BCUT2D eigenvalue weighted by atomic mass is 16.3. The first-order valence-electron chi connectivity index (χ1n) is 5.38. The van der Waals surface area contributed by atoms with E-state index in [1.807, 2.05) is 39.8 Å². The summed E-state index contributed by atoms with van der Waals surface area (Å²) >= 11 is 0. The van der Waals surface area contributed by atoms with Crippen molar-refractivity contribution >= 4 is 0 Å². The number of hydrogen-bond acceptors (Lipinski definition) is 1. The molecule has 1 heterocycles. The molecular formula is C12H24O. The summed E-state index contributed by atoms with van der Waals surface area (Å²) in [7, 11) is 0.